The highest BCUT2D eigenvalue weighted by Gasteiger charge is 2.07. The minimum atomic E-state index is 0.221. The molecule has 0 amide bonds. The molecule has 15 heavy (non-hydrogen) atoms. The van der Waals surface area contributed by atoms with E-state index in [2.05, 4.69) is 10.3 Å². The monoisotopic (exact) mass is 204 g/mol. The third-order valence-corrected chi connectivity index (χ3v) is 2.31. The molecule has 2 N–H and O–H groups in total. The van der Waals surface area contributed by atoms with Crippen molar-refractivity contribution in [3.8, 4) is 11.5 Å². The molecule has 0 bridgehead atoms. The normalized spacial score (nSPS) is 10.3. The summed E-state index contributed by atoms with van der Waals surface area (Å²) in [5.74, 6) is 0.933. The highest BCUT2D eigenvalue weighted by Crippen LogP contribution is 2.32. The minimum absolute atomic E-state index is 0.221. The molecular weight excluding hydrogens is 192 g/mol. The fourth-order valence-electron chi connectivity index (χ4n) is 1.52. The molecule has 2 rings (SSSR count). The maximum atomic E-state index is 9.65. The Labute approximate surface area is 87.5 Å². The van der Waals surface area contributed by atoms with E-state index in [1.165, 1.54) is 0 Å². The van der Waals surface area contributed by atoms with Crippen molar-refractivity contribution in [3.63, 3.8) is 0 Å². The molecule has 1 aromatic heterocycles. The summed E-state index contributed by atoms with van der Waals surface area (Å²) >= 11 is 0. The zero-order chi connectivity index (χ0) is 10.8. The lowest BCUT2D eigenvalue weighted by atomic mass is 10.1. The van der Waals surface area contributed by atoms with Crippen molar-refractivity contribution in [2.75, 3.05) is 19.5 Å². The predicted octanol–water partition coefficient (Wildman–Crippen LogP) is 1.99. The van der Waals surface area contributed by atoms with Crippen LogP contribution in [-0.4, -0.2) is 24.2 Å². The van der Waals surface area contributed by atoms with Crippen LogP contribution in [-0.2, 0) is 0 Å². The van der Waals surface area contributed by atoms with Crippen molar-refractivity contribution >= 4 is 16.6 Å². The first-order valence-electron chi connectivity index (χ1n) is 4.59. The summed E-state index contributed by atoms with van der Waals surface area (Å²) in [5, 5.41) is 13.4. The highest BCUT2D eigenvalue weighted by atomic mass is 16.5. The second kappa shape index (κ2) is 3.65. The largest absolute Gasteiger partial charge is 0.507 e. The van der Waals surface area contributed by atoms with E-state index in [-0.39, 0.29) is 5.75 Å². The molecule has 0 unspecified atom stereocenters. The van der Waals surface area contributed by atoms with Gasteiger partial charge in [0.2, 0.25) is 0 Å². The Morgan fingerprint density at radius 3 is 2.87 bits per heavy atom. The van der Waals surface area contributed by atoms with Gasteiger partial charge in [0.1, 0.15) is 11.5 Å². The zero-order valence-electron chi connectivity index (χ0n) is 8.61. The number of anilines is 1. The van der Waals surface area contributed by atoms with Crippen LogP contribution in [0.5, 0.6) is 11.5 Å². The van der Waals surface area contributed by atoms with Crippen LogP contribution in [0.1, 0.15) is 0 Å². The molecule has 0 saturated heterocycles. The summed E-state index contributed by atoms with van der Waals surface area (Å²) in [6.07, 6.45) is 1.57. The molecule has 4 heteroatoms. The van der Waals surface area contributed by atoms with Crippen LogP contribution in [0.15, 0.2) is 24.4 Å². The van der Waals surface area contributed by atoms with Crippen molar-refractivity contribution in [3.05, 3.63) is 24.4 Å². The number of hydrogen-bond donors (Lipinski definition) is 2. The lowest BCUT2D eigenvalue weighted by Crippen LogP contribution is -1.94. The van der Waals surface area contributed by atoms with Gasteiger partial charge >= 0.3 is 0 Å². The number of nitrogens with zero attached hydrogens (tertiary/aromatic N) is 1. The van der Waals surface area contributed by atoms with Crippen LogP contribution in [0.4, 0.5) is 5.69 Å². The second-order valence-corrected chi connectivity index (χ2v) is 3.15. The van der Waals surface area contributed by atoms with Crippen molar-refractivity contribution in [2.45, 2.75) is 0 Å². The lowest BCUT2D eigenvalue weighted by Gasteiger charge is -2.09. The van der Waals surface area contributed by atoms with E-state index in [0.717, 1.165) is 5.69 Å². The lowest BCUT2D eigenvalue weighted by molar-refractivity contribution is 0.417. The van der Waals surface area contributed by atoms with Crippen LogP contribution < -0.4 is 10.1 Å². The van der Waals surface area contributed by atoms with Gasteiger partial charge in [-0.3, -0.25) is 4.98 Å². The molecule has 0 aliphatic carbocycles. The van der Waals surface area contributed by atoms with Gasteiger partial charge in [0.05, 0.1) is 18.3 Å². The quantitative estimate of drug-likeness (QED) is 0.785. The van der Waals surface area contributed by atoms with E-state index in [0.29, 0.717) is 16.7 Å². The maximum Gasteiger partial charge on any atom is 0.144 e. The topological polar surface area (TPSA) is 54.4 Å². The van der Waals surface area contributed by atoms with Gasteiger partial charge in [-0.05, 0) is 12.1 Å². The summed E-state index contributed by atoms with van der Waals surface area (Å²) in [6, 6.07) is 5.17. The smallest absolute Gasteiger partial charge is 0.144 e. The zero-order valence-corrected chi connectivity index (χ0v) is 8.61. The maximum absolute atomic E-state index is 9.65. The van der Waals surface area contributed by atoms with Crippen LogP contribution in [0.25, 0.3) is 10.9 Å². The number of fused-ring (bicyclic) bond motifs is 1. The number of methoxy groups -OCH3 is 1. The van der Waals surface area contributed by atoms with Crippen molar-refractivity contribution in [1.82, 2.24) is 4.98 Å². The van der Waals surface area contributed by atoms with E-state index < -0.39 is 0 Å². The Kier molecular flexibility index (Phi) is 2.33. The van der Waals surface area contributed by atoms with Gasteiger partial charge in [0.15, 0.2) is 0 Å². The Bertz CT molecular complexity index is 497. The molecule has 2 aromatic rings. The minimum Gasteiger partial charge on any atom is -0.507 e. The number of benzene rings is 1. The van der Waals surface area contributed by atoms with Crippen molar-refractivity contribution in [2.24, 2.45) is 0 Å². The Hall–Kier alpha value is -1.97. The molecule has 0 aliphatic heterocycles. The van der Waals surface area contributed by atoms with Crippen LogP contribution in [0.3, 0.4) is 0 Å². The van der Waals surface area contributed by atoms with Gasteiger partial charge in [0.25, 0.3) is 0 Å². The van der Waals surface area contributed by atoms with Gasteiger partial charge in [-0.1, -0.05) is 0 Å². The molecule has 78 valence electrons. The van der Waals surface area contributed by atoms with Crippen LogP contribution >= 0.6 is 0 Å². The predicted molar refractivity (Wildman–Crippen MR) is 59.5 cm³/mol. The fraction of sp³-hybridized carbons (Fsp3) is 0.182. The summed E-state index contributed by atoms with van der Waals surface area (Å²) in [6.45, 7) is 0. The molecule has 1 heterocycles. The first kappa shape index (κ1) is 9.58. The number of ether oxygens (including phenoxy) is 1. The van der Waals surface area contributed by atoms with Gasteiger partial charge < -0.3 is 15.2 Å². The molecule has 0 saturated carbocycles. The Morgan fingerprint density at radius 2 is 2.20 bits per heavy atom. The molecule has 0 radical (unpaired) electrons. The van der Waals surface area contributed by atoms with Gasteiger partial charge in [-0.25, -0.2) is 0 Å². The summed E-state index contributed by atoms with van der Waals surface area (Å²) in [4.78, 5) is 4.16. The van der Waals surface area contributed by atoms with Gasteiger partial charge in [-0.15, -0.1) is 0 Å². The van der Waals surface area contributed by atoms with Crippen LogP contribution in [0.2, 0.25) is 0 Å². The van der Waals surface area contributed by atoms with E-state index in [1.807, 2.05) is 6.07 Å². The van der Waals surface area contributed by atoms with E-state index in [4.69, 9.17) is 4.74 Å². The number of pyridine rings is 1. The standard InChI is InChI=1S/C11H12N2O2/c1-12-9-5-7-8(6-11(9)15-2)13-4-3-10(7)14/h3-6,12H,1-2H3,(H,13,14). The Morgan fingerprint density at radius 1 is 1.40 bits per heavy atom. The first-order valence-corrected chi connectivity index (χ1v) is 4.59. The van der Waals surface area contributed by atoms with E-state index >= 15 is 0 Å². The molecule has 1 aromatic carbocycles. The fourth-order valence-corrected chi connectivity index (χ4v) is 1.52. The number of rotatable bonds is 2. The van der Waals surface area contributed by atoms with Gasteiger partial charge in [-0.2, -0.15) is 0 Å². The second-order valence-electron chi connectivity index (χ2n) is 3.15. The Balaban J connectivity index is 2.75. The molecule has 4 nitrogen and oxygen atoms in total. The van der Waals surface area contributed by atoms with E-state index in [1.54, 1.807) is 32.5 Å². The first-order chi connectivity index (χ1) is 7.26. The highest BCUT2D eigenvalue weighted by molar-refractivity contribution is 5.90. The number of hydrogen-bond acceptors (Lipinski definition) is 4. The third kappa shape index (κ3) is 1.54. The average Bonchev–Trinajstić information content (AvgIpc) is 2.28. The number of nitrogens with one attached hydrogen (secondary N) is 1. The summed E-state index contributed by atoms with van der Waals surface area (Å²) in [7, 11) is 3.40. The molecule has 0 fully saturated rings. The third-order valence-electron chi connectivity index (χ3n) is 2.31. The SMILES string of the molecule is CNc1cc2c(O)ccnc2cc1OC. The molecule has 0 aliphatic rings. The van der Waals surface area contributed by atoms with Gasteiger partial charge in [0, 0.05) is 24.7 Å². The molecule has 0 spiro atoms. The van der Waals surface area contributed by atoms with Crippen molar-refractivity contribution < 1.29 is 9.84 Å². The average molecular weight is 204 g/mol. The number of aromatic hydroxyl groups is 1. The summed E-state index contributed by atoms with van der Waals surface area (Å²) in [5.41, 5.74) is 1.54. The molecule has 0 atom stereocenters. The number of aromatic nitrogens is 1. The molecular formula is C11H12N2O2. The summed E-state index contributed by atoms with van der Waals surface area (Å²) < 4.78 is 5.20. The van der Waals surface area contributed by atoms with E-state index in [9.17, 15) is 5.11 Å². The van der Waals surface area contributed by atoms with Crippen LogP contribution in [0, 0.1) is 0 Å². The van der Waals surface area contributed by atoms with Crippen molar-refractivity contribution in [1.29, 1.82) is 0 Å².